The van der Waals surface area contributed by atoms with Crippen molar-refractivity contribution in [3.8, 4) is 0 Å². The fourth-order valence-corrected chi connectivity index (χ4v) is 4.82. The molecule has 0 saturated carbocycles. The normalized spacial score (nSPS) is 16.9. The topological polar surface area (TPSA) is 81.0 Å². The summed E-state index contributed by atoms with van der Waals surface area (Å²) in [5, 5.41) is 9.42. The Morgan fingerprint density at radius 2 is 1.89 bits per heavy atom. The van der Waals surface area contributed by atoms with Crippen LogP contribution in [0.2, 0.25) is 0 Å². The van der Waals surface area contributed by atoms with E-state index in [1.54, 1.807) is 35.6 Å². The summed E-state index contributed by atoms with van der Waals surface area (Å²) in [5.41, 5.74) is 1.19. The van der Waals surface area contributed by atoms with Crippen molar-refractivity contribution in [2.45, 2.75) is 25.4 Å². The minimum Gasteiger partial charge on any atom is -0.332 e. The van der Waals surface area contributed by atoms with E-state index in [0.717, 1.165) is 32.7 Å². The lowest BCUT2D eigenvalue weighted by atomic mass is 10.2. The van der Waals surface area contributed by atoms with Crippen molar-refractivity contribution in [3.63, 3.8) is 0 Å². The Hall–Kier alpha value is -3.13. The van der Waals surface area contributed by atoms with E-state index in [1.165, 1.54) is 0 Å². The molecule has 2 aromatic heterocycles. The van der Waals surface area contributed by atoms with Crippen molar-refractivity contribution in [2.75, 3.05) is 6.54 Å². The lowest BCUT2D eigenvalue weighted by molar-refractivity contribution is -0.133. The first-order valence-electron chi connectivity index (χ1n) is 9.18. The summed E-state index contributed by atoms with van der Waals surface area (Å²) in [6.07, 6.45) is 1.80. The molecule has 1 unspecified atom stereocenters. The lowest BCUT2D eigenvalue weighted by Crippen LogP contribution is -2.37. The molecule has 0 spiro atoms. The Balaban J connectivity index is 1.43. The van der Waals surface area contributed by atoms with Crippen LogP contribution in [0.5, 0.6) is 0 Å². The summed E-state index contributed by atoms with van der Waals surface area (Å²) >= 11 is 1.63. The Kier molecular flexibility index (Phi) is 4.12. The molecule has 1 aliphatic rings. The van der Waals surface area contributed by atoms with E-state index in [1.807, 2.05) is 29.2 Å². The van der Waals surface area contributed by atoms with Gasteiger partial charge in [0.15, 0.2) is 0 Å². The van der Waals surface area contributed by atoms with Gasteiger partial charge in [0.2, 0.25) is 5.91 Å². The van der Waals surface area contributed by atoms with Gasteiger partial charge in [-0.3, -0.25) is 9.59 Å². The molecule has 1 aliphatic heterocycles. The zero-order valence-electron chi connectivity index (χ0n) is 15.0. The number of nitrogens with zero attached hydrogens (tertiary/aromatic N) is 5. The predicted molar refractivity (Wildman–Crippen MR) is 107 cm³/mol. The summed E-state index contributed by atoms with van der Waals surface area (Å²) in [6, 6.07) is 15.0. The molecule has 2 aromatic carbocycles. The summed E-state index contributed by atoms with van der Waals surface area (Å²) in [6.45, 7) is 0.549. The van der Waals surface area contributed by atoms with Crippen LogP contribution < -0.4 is 5.56 Å². The van der Waals surface area contributed by atoms with Gasteiger partial charge >= 0.3 is 0 Å². The summed E-state index contributed by atoms with van der Waals surface area (Å²) < 4.78 is 2.27. The molecule has 140 valence electrons. The highest BCUT2D eigenvalue weighted by molar-refractivity contribution is 7.18. The SMILES string of the molecule is O=C(Cn1nnc2ccccc2c1=O)N1CCCC1c1nc2ccccc2s1. The second-order valence-electron chi connectivity index (χ2n) is 6.83. The number of hydrogen-bond donors (Lipinski definition) is 0. The van der Waals surface area contributed by atoms with E-state index in [9.17, 15) is 9.59 Å². The maximum atomic E-state index is 13.0. The van der Waals surface area contributed by atoms with Gasteiger partial charge in [0.05, 0.1) is 21.6 Å². The molecule has 1 fully saturated rings. The summed E-state index contributed by atoms with van der Waals surface area (Å²) in [5.74, 6) is -0.131. The number of thiazole rings is 1. The van der Waals surface area contributed by atoms with Gasteiger partial charge in [-0.15, -0.1) is 16.4 Å². The first-order chi connectivity index (χ1) is 13.7. The Labute approximate surface area is 164 Å². The van der Waals surface area contributed by atoms with Crippen molar-refractivity contribution < 1.29 is 4.79 Å². The number of fused-ring (bicyclic) bond motifs is 2. The monoisotopic (exact) mass is 391 g/mol. The van der Waals surface area contributed by atoms with E-state index in [0.29, 0.717) is 17.4 Å². The number of likely N-dealkylation sites (tertiary alicyclic amines) is 1. The van der Waals surface area contributed by atoms with Gasteiger partial charge in [0, 0.05) is 6.54 Å². The Bertz CT molecular complexity index is 1220. The molecule has 28 heavy (non-hydrogen) atoms. The number of rotatable bonds is 3. The van der Waals surface area contributed by atoms with E-state index in [4.69, 9.17) is 4.98 Å². The van der Waals surface area contributed by atoms with Crippen molar-refractivity contribution in [2.24, 2.45) is 0 Å². The Morgan fingerprint density at radius 1 is 1.11 bits per heavy atom. The third kappa shape index (κ3) is 2.86. The fourth-order valence-electron chi connectivity index (χ4n) is 3.70. The van der Waals surface area contributed by atoms with E-state index in [-0.39, 0.29) is 24.1 Å². The molecule has 5 rings (SSSR count). The van der Waals surface area contributed by atoms with Crippen LogP contribution in [-0.4, -0.2) is 37.3 Å². The molecule has 7 nitrogen and oxygen atoms in total. The smallest absolute Gasteiger partial charge is 0.278 e. The second-order valence-corrected chi connectivity index (χ2v) is 7.90. The van der Waals surface area contributed by atoms with E-state index in [2.05, 4.69) is 10.3 Å². The zero-order valence-corrected chi connectivity index (χ0v) is 15.8. The van der Waals surface area contributed by atoms with Gasteiger partial charge in [-0.1, -0.05) is 29.5 Å². The van der Waals surface area contributed by atoms with Crippen molar-refractivity contribution >= 4 is 38.4 Å². The minimum absolute atomic E-state index is 0.0472. The number of benzene rings is 2. The largest absolute Gasteiger partial charge is 0.332 e. The van der Waals surface area contributed by atoms with Crippen LogP contribution in [-0.2, 0) is 11.3 Å². The van der Waals surface area contributed by atoms with Crippen LogP contribution in [0.15, 0.2) is 53.3 Å². The molecule has 0 bridgehead atoms. The third-order valence-corrected chi connectivity index (χ3v) is 6.22. The molecule has 0 N–H and O–H groups in total. The molecule has 1 atom stereocenters. The average Bonchev–Trinajstić information content (AvgIpc) is 3.37. The zero-order chi connectivity index (χ0) is 19.1. The van der Waals surface area contributed by atoms with Crippen molar-refractivity contribution in [3.05, 3.63) is 63.9 Å². The molecular weight excluding hydrogens is 374 g/mol. The van der Waals surface area contributed by atoms with Gasteiger partial charge in [0.1, 0.15) is 17.1 Å². The molecule has 8 heteroatoms. The standard InChI is InChI=1S/C20H17N5O2S/c26-18(12-25-20(27)13-6-1-2-7-14(13)22-23-25)24-11-5-9-16(24)19-21-15-8-3-4-10-17(15)28-19/h1-4,6-8,10,16H,5,9,11-12H2. The van der Waals surface area contributed by atoms with Gasteiger partial charge < -0.3 is 4.90 Å². The lowest BCUT2D eigenvalue weighted by Gasteiger charge is -2.23. The molecular formula is C20H17N5O2S. The van der Waals surface area contributed by atoms with Crippen LogP contribution >= 0.6 is 11.3 Å². The average molecular weight is 391 g/mol. The van der Waals surface area contributed by atoms with E-state index < -0.39 is 0 Å². The number of para-hydroxylation sites is 1. The molecule has 0 radical (unpaired) electrons. The van der Waals surface area contributed by atoms with Crippen LogP contribution in [0.1, 0.15) is 23.9 Å². The molecule has 3 heterocycles. The first kappa shape index (κ1) is 17.0. The van der Waals surface area contributed by atoms with Crippen molar-refractivity contribution in [1.82, 2.24) is 24.9 Å². The molecule has 4 aromatic rings. The maximum Gasteiger partial charge on any atom is 0.278 e. The van der Waals surface area contributed by atoms with Gasteiger partial charge in [-0.05, 0) is 37.1 Å². The Morgan fingerprint density at radius 3 is 2.75 bits per heavy atom. The van der Waals surface area contributed by atoms with Gasteiger partial charge in [-0.2, -0.15) is 0 Å². The second kappa shape index (κ2) is 6.79. The van der Waals surface area contributed by atoms with Crippen LogP contribution in [0.4, 0.5) is 0 Å². The number of carbonyl (C=O) groups is 1. The number of aromatic nitrogens is 4. The maximum absolute atomic E-state index is 13.0. The first-order valence-corrected chi connectivity index (χ1v) is 10.00. The molecule has 1 saturated heterocycles. The van der Waals surface area contributed by atoms with Gasteiger partial charge in [-0.25, -0.2) is 9.67 Å². The molecule has 1 amide bonds. The highest BCUT2D eigenvalue weighted by Gasteiger charge is 2.32. The van der Waals surface area contributed by atoms with Crippen LogP contribution in [0.3, 0.4) is 0 Å². The summed E-state index contributed by atoms with van der Waals surface area (Å²) in [7, 11) is 0. The van der Waals surface area contributed by atoms with Gasteiger partial charge in [0.25, 0.3) is 5.56 Å². The number of hydrogen-bond acceptors (Lipinski definition) is 6. The summed E-state index contributed by atoms with van der Waals surface area (Å²) in [4.78, 5) is 32.1. The number of carbonyl (C=O) groups excluding carboxylic acids is 1. The highest BCUT2D eigenvalue weighted by Crippen LogP contribution is 2.36. The molecule has 0 aliphatic carbocycles. The fraction of sp³-hybridized carbons (Fsp3) is 0.250. The minimum atomic E-state index is -0.297. The number of amides is 1. The van der Waals surface area contributed by atoms with E-state index >= 15 is 0 Å². The van der Waals surface area contributed by atoms with Crippen LogP contribution in [0.25, 0.3) is 21.1 Å². The quantitative estimate of drug-likeness (QED) is 0.536. The van der Waals surface area contributed by atoms with Crippen molar-refractivity contribution in [1.29, 1.82) is 0 Å². The highest BCUT2D eigenvalue weighted by atomic mass is 32.1. The third-order valence-electron chi connectivity index (χ3n) is 5.08. The van der Waals surface area contributed by atoms with Crippen LogP contribution in [0, 0.1) is 0 Å². The predicted octanol–water partition coefficient (Wildman–Crippen LogP) is 2.76.